The van der Waals surface area contributed by atoms with Crippen LogP contribution in [-0.2, 0) is 20.8 Å². The lowest BCUT2D eigenvalue weighted by molar-refractivity contribution is -0.134. The summed E-state index contributed by atoms with van der Waals surface area (Å²) in [5.41, 5.74) is 4.93. The molecule has 33 heavy (non-hydrogen) atoms. The van der Waals surface area contributed by atoms with Crippen molar-refractivity contribution >= 4 is 23.4 Å². The zero-order valence-electron chi connectivity index (χ0n) is 20.0. The summed E-state index contributed by atoms with van der Waals surface area (Å²) in [7, 11) is 0. The van der Waals surface area contributed by atoms with E-state index in [2.05, 4.69) is 15.5 Å². The molecule has 1 aliphatic rings. The van der Waals surface area contributed by atoms with Crippen LogP contribution < -0.4 is 10.6 Å². The molecule has 2 aromatic carbocycles. The molecule has 1 fully saturated rings. The Morgan fingerprint density at radius 2 is 1.48 bits per heavy atom. The first kappa shape index (κ1) is 24.5. The molecule has 1 aliphatic heterocycles. The first-order valence-electron chi connectivity index (χ1n) is 11.5. The molecule has 1 heterocycles. The number of rotatable bonds is 7. The van der Waals surface area contributed by atoms with Crippen LogP contribution in [0.2, 0.25) is 0 Å². The molecule has 1 saturated heterocycles. The van der Waals surface area contributed by atoms with E-state index < -0.39 is 0 Å². The highest BCUT2D eigenvalue weighted by atomic mass is 16.2. The van der Waals surface area contributed by atoms with Crippen molar-refractivity contribution in [3.63, 3.8) is 0 Å². The van der Waals surface area contributed by atoms with E-state index >= 15 is 0 Å². The van der Waals surface area contributed by atoms with Gasteiger partial charge in [-0.15, -0.1) is 0 Å². The van der Waals surface area contributed by atoms with Gasteiger partial charge in [0.15, 0.2) is 0 Å². The number of nitrogens with one attached hydrogen (secondary N) is 2. The topological polar surface area (TPSA) is 81.8 Å². The Balaban J connectivity index is 1.43. The second-order valence-electron chi connectivity index (χ2n) is 8.73. The second kappa shape index (κ2) is 11.1. The van der Waals surface area contributed by atoms with Crippen LogP contribution in [0.15, 0.2) is 42.5 Å². The molecule has 176 valence electrons. The summed E-state index contributed by atoms with van der Waals surface area (Å²) in [5, 5.41) is 5.62. The van der Waals surface area contributed by atoms with Gasteiger partial charge >= 0.3 is 0 Å². The third-order valence-corrected chi connectivity index (χ3v) is 6.37. The maximum atomic E-state index is 12.7. The highest BCUT2D eigenvalue weighted by Gasteiger charge is 2.27. The lowest BCUT2D eigenvalue weighted by atomic mass is 10.1. The summed E-state index contributed by atoms with van der Waals surface area (Å²) in [5.74, 6) is -0.324. The number of para-hydroxylation sites is 1. The van der Waals surface area contributed by atoms with Gasteiger partial charge in [-0.05, 0) is 49.9 Å². The maximum Gasteiger partial charge on any atom is 0.243 e. The molecule has 0 saturated carbocycles. The number of carbonyl (C=O) groups excluding carboxylic acids is 3. The molecule has 0 bridgehead atoms. The molecule has 2 N–H and O–H groups in total. The van der Waals surface area contributed by atoms with Gasteiger partial charge in [-0.3, -0.25) is 19.3 Å². The van der Waals surface area contributed by atoms with Crippen molar-refractivity contribution in [3.8, 4) is 0 Å². The Labute approximate surface area is 196 Å². The monoisotopic (exact) mass is 450 g/mol. The van der Waals surface area contributed by atoms with Crippen LogP contribution in [0.4, 0.5) is 5.69 Å². The minimum Gasteiger partial charge on any atom is -0.346 e. The van der Waals surface area contributed by atoms with E-state index in [0.29, 0.717) is 32.6 Å². The van der Waals surface area contributed by atoms with Gasteiger partial charge in [0.1, 0.15) is 0 Å². The average Bonchev–Trinajstić information content (AvgIpc) is 2.81. The van der Waals surface area contributed by atoms with E-state index in [0.717, 1.165) is 27.9 Å². The largest absolute Gasteiger partial charge is 0.346 e. The highest BCUT2D eigenvalue weighted by molar-refractivity contribution is 5.96. The lowest BCUT2D eigenvalue weighted by Crippen LogP contribution is -2.55. The third kappa shape index (κ3) is 6.42. The Bertz CT molecular complexity index is 992. The number of hydrogen-bond donors (Lipinski definition) is 2. The van der Waals surface area contributed by atoms with Crippen molar-refractivity contribution in [3.05, 3.63) is 64.7 Å². The standard InChI is InChI=1S/C26H34N4O3/c1-18-8-5-6-11-22(18)16-24(32)30-14-12-29(13-15-30)21(4)26(33)27-17-23(31)28-25-19(2)9-7-10-20(25)3/h5-11,21H,12-17H2,1-4H3,(H,27,33)(H,28,31). The normalized spacial score (nSPS) is 15.1. The molecule has 3 amide bonds. The number of benzene rings is 2. The van der Waals surface area contributed by atoms with Crippen LogP contribution in [0.3, 0.4) is 0 Å². The van der Waals surface area contributed by atoms with Crippen molar-refractivity contribution in [1.82, 2.24) is 15.1 Å². The first-order valence-corrected chi connectivity index (χ1v) is 11.5. The fourth-order valence-corrected chi connectivity index (χ4v) is 4.12. The zero-order chi connectivity index (χ0) is 24.0. The molecule has 2 aromatic rings. The van der Waals surface area contributed by atoms with Gasteiger partial charge in [-0.1, -0.05) is 42.5 Å². The smallest absolute Gasteiger partial charge is 0.243 e. The van der Waals surface area contributed by atoms with Crippen molar-refractivity contribution in [2.45, 2.75) is 40.2 Å². The SMILES string of the molecule is Cc1ccccc1CC(=O)N1CCN(C(C)C(=O)NCC(=O)Nc2c(C)cccc2C)CC1. The number of aryl methyl sites for hydroxylation is 3. The van der Waals surface area contributed by atoms with Crippen LogP contribution in [0, 0.1) is 20.8 Å². The van der Waals surface area contributed by atoms with Crippen molar-refractivity contribution in [2.24, 2.45) is 0 Å². The van der Waals surface area contributed by atoms with Gasteiger partial charge in [0.05, 0.1) is 19.0 Å². The molecular formula is C26H34N4O3. The summed E-state index contributed by atoms with van der Waals surface area (Å²) >= 11 is 0. The predicted molar refractivity (Wildman–Crippen MR) is 130 cm³/mol. The summed E-state index contributed by atoms with van der Waals surface area (Å²) in [6.45, 7) is 10.1. The number of amides is 3. The summed E-state index contributed by atoms with van der Waals surface area (Å²) in [6, 6.07) is 13.4. The van der Waals surface area contributed by atoms with Crippen LogP contribution in [0.25, 0.3) is 0 Å². The van der Waals surface area contributed by atoms with Crippen LogP contribution in [0.1, 0.15) is 29.2 Å². The minimum atomic E-state index is -0.369. The highest BCUT2D eigenvalue weighted by Crippen LogP contribution is 2.19. The van der Waals surface area contributed by atoms with Crippen LogP contribution in [-0.4, -0.2) is 66.3 Å². The molecule has 0 aromatic heterocycles. The maximum absolute atomic E-state index is 12.7. The fraction of sp³-hybridized carbons (Fsp3) is 0.423. The molecule has 1 atom stereocenters. The Morgan fingerprint density at radius 3 is 2.12 bits per heavy atom. The average molecular weight is 451 g/mol. The Kier molecular flexibility index (Phi) is 8.22. The predicted octanol–water partition coefficient (Wildman–Crippen LogP) is 2.44. The number of hydrogen-bond acceptors (Lipinski definition) is 4. The van der Waals surface area contributed by atoms with Gasteiger partial charge < -0.3 is 15.5 Å². The summed E-state index contributed by atoms with van der Waals surface area (Å²) < 4.78 is 0. The lowest BCUT2D eigenvalue weighted by Gasteiger charge is -2.37. The van der Waals surface area contributed by atoms with E-state index in [9.17, 15) is 14.4 Å². The number of anilines is 1. The molecule has 0 spiro atoms. The Hall–Kier alpha value is -3.19. The fourth-order valence-electron chi connectivity index (χ4n) is 4.12. The van der Waals surface area contributed by atoms with Crippen molar-refractivity contribution in [2.75, 3.05) is 38.0 Å². The van der Waals surface area contributed by atoms with E-state index in [1.54, 1.807) is 0 Å². The number of piperazine rings is 1. The third-order valence-electron chi connectivity index (χ3n) is 6.37. The van der Waals surface area contributed by atoms with Gasteiger partial charge in [0.2, 0.25) is 17.7 Å². The van der Waals surface area contributed by atoms with Gasteiger partial charge in [0, 0.05) is 31.9 Å². The first-order chi connectivity index (χ1) is 15.8. The van der Waals surface area contributed by atoms with Crippen LogP contribution in [0.5, 0.6) is 0 Å². The molecule has 3 rings (SSSR count). The van der Waals surface area contributed by atoms with E-state index in [4.69, 9.17) is 0 Å². The molecule has 1 unspecified atom stereocenters. The van der Waals surface area contributed by atoms with Crippen molar-refractivity contribution in [1.29, 1.82) is 0 Å². The van der Waals surface area contributed by atoms with Gasteiger partial charge in [-0.25, -0.2) is 0 Å². The molecular weight excluding hydrogens is 416 g/mol. The molecule has 0 aliphatic carbocycles. The number of carbonyl (C=O) groups is 3. The molecule has 7 nitrogen and oxygen atoms in total. The molecule has 0 radical (unpaired) electrons. The van der Waals surface area contributed by atoms with Crippen LogP contribution >= 0.6 is 0 Å². The van der Waals surface area contributed by atoms with Crippen molar-refractivity contribution < 1.29 is 14.4 Å². The van der Waals surface area contributed by atoms with Gasteiger partial charge in [0.25, 0.3) is 0 Å². The summed E-state index contributed by atoms with van der Waals surface area (Å²) in [6.07, 6.45) is 0.401. The van der Waals surface area contributed by atoms with Gasteiger partial charge in [-0.2, -0.15) is 0 Å². The minimum absolute atomic E-state index is 0.0776. The molecule has 7 heteroatoms. The van der Waals surface area contributed by atoms with E-state index in [-0.39, 0.29) is 30.3 Å². The zero-order valence-corrected chi connectivity index (χ0v) is 20.0. The van der Waals surface area contributed by atoms with E-state index in [1.807, 2.05) is 75.1 Å². The van der Waals surface area contributed by atoms with E-state index in [1.165, 1.54) is 0 Å². The second-order valence-corrected chi connectivity index (χ2v) is 8.73. The quantitative estimate of drug-likeness (QED) is 0.679. The number of nitrogens with zero attached hydrogens (tertiary/aromatic N) is 2. The summed E-state index contributed by atoms with van der Waals surface area (Å²) in [4.78, 5) is 41.5. The Morgan fingerprint density at radius 1 is 0.879 bits per heavy atom.